The molecule has 0 saturated carbocycles. The summed E-state index contributed by atoms with van der Waals surface area (Å²) < 4.78 is 0. The van der Waals surface area contributed by atoms with E-state index in [1.165, 1.54) is 4.90 Å². The highest BCUT2D eigenvalue weighted by Crippen LogP contribution is 2.20. The Hall–Kier alpha value is -2.99. The number of azo groups is 1. The lowest BCUT2D eigenvalue weighted by atomic mass is 10.3. The second-order valence-corrected chi connectivity index (χ2v) is 4.97. The second-order valence-electron chi connectivity index (χ2n) is 4.97. The van der Waals surface area contributed by atoms with Crippen LogP contribution in [0.2, 0.25) is 0 Å². The zero-order valence-electron chi connectivity index (χ0n) is 13.3. The molecule has 2 aromatic rings. The minimum absolute atomic E-state index is 0.0972. The highest BCUT2D eigenvalue weighted by atomic mass is 16.3. The number of carbonyl (C=O) groups is 1. The molecule has 0 aliphatic heterocycles. The first-order valence-electron chi connectivity index (χ1n) is 7.57. The van der Waals surface area contributed by atoms with Crippen molar-refractivity contribution in [3.8, 4) is 0 Å². The molecule has 6 nitrogen and oxygen atoms in total. The van der Waals surface area contributed by atoms with E-state index >= 15 is 0 Å². The summed E-state index contributed by atoms with van der Waals surface area (Å²) in [5.74, 6) is 0. The normalized spacial score (nSPS) is 10.5. The smallest absolute Gasteiger partial charge is 0.322 e. The second kappa shape index (κ2) is 9.22. The van der Waals surface area contributed by atoms with Crippen LogP contribution in [0, 0.1) is 0 Å². The largest absolute Gasteiger partial charge is 0.395 e. The number of aliphatic hydroxyl groups excluding tert-OH is 1. The highest BCUT2D eigenvalue weighted by molar-refractivity contribution is 5.89. The topological polar surface area (TPSA) is 77.3 Å². The number of aliphatic hydroxyl groups is 1. The van der Waals surface area contributed by atoms with E-state index in [2.05, 4.69) is 22.1 Å². The Labute approximate surface area is 141 Å². The van der Waals surface area contributed by atoms with Gasteiger partial charge in [0.15, 0.2) is 0 Å². The predicted molar refractivity (Wildman–Crippen MR) is 94.9 cm³/mol. The van der Waals surface area contributed by atoms with E-state index in [4.69, 9.17) is 5.11 Å². The zero-order valence-corrected chi connectivity index (χ0v) is 13.3. The molecular formula is C18H20N4O2. The third-order valence-corrected chi connectivity index (χ3v) is 3.16. The monoisotopic (exact) mass is 324 g/mol. The van der Waals surface area contributed by atoms with Crippen molar-refractivity contribution in [2.45, 2.75) is 0 Å². The van der Waals surface area contributed by atoms with Crippen molar-refractivity contribution in [3.63, 3.8) is 0 Å². The number of hydrogen-bond acceptors (Lipinski definition) is 4. The Balaban J connectivity index is 1.97. The number of hydrogen-bond donors (Lipinski definition) is 2. The molecule has 2 aromatic carbocycles. The fourth-order valence-electron chi connectivity index (χ4n) is 1.98. The van der Waals surface area contributed by atoms with Gasteiger partial charge in [0.2, 0.25) is 0 Å². The SMILES string of the molecule is C=CCN(CCO)C(=O)Nc1ccc(N=Nc2ccccc2)cc1. The van der Waals surface area contributed by atoms with Crippen LogP contribution in [0.3, 0.4) is 0 Å². The van der Waals surface area contributed by atoms with Crippen LogP contribution < -0.4 is 5.32 Å². The van der Waals surface area contributed by atoms with Crippen molar-refractivity contribution in [3.05, 3.63) is 67.3 Å². The zero-order chi connectivity index (χ0) is 17.2. The van der Waals surface area contributed by atoms with Gasteiger partial charge in [0.25, 0.3) is 0 Å². The Morgan fingerprint density at radius 3 is 2.29 bits per heavy atom. The van der Waals surface area contributed by atoms with E-state index in [1.807, 2.05) is 30.3 Å². The molecule has 124 valence electrons. The Kier molecular flexibility index (Phi) is 6.67. The molecule has 2 N–H and O–H groups in total. The third-order valence-electron chi connectivity index (χ3n) is 3.16. The van der Waals surface area contributed by atoms with Crippen molar-refractivity contribution in [2.75, 3.05) is 25.0 Å². The number of nitrogens with one attached hydrogen (secondary N) is 1. The van der Waals surface area contributed by atoms with Crippen LogP contribution in [0.15, 0.2) is 77.5 Å². The number of rotatable bonds is 7. The first-order valence-corrected chi connectivity index (χ1v) is 7.57. The van der Waals surface area contributed by atoms with Gasteiger partial charge in [0, 0.05) is 18.8 Å². The molecule has 0 radical (unpaired) electrons. The summed E-state index contributed by atoms with van der Waals surface area (Å²) in [6.07, 6.45) is 1.61. The molecule has 0 unspecified atom stereocenters. The predicted octanol–water partition coefficient (Wildman–Crippen LogP) is 4.11. The Bertz CT molecular complexity index is 684. The van der Waals surface area contributed by atoms with Crippen LogP contribution >= 0.6 is 0 Å². The molecule has 0 aliphatic carbocycles. The van der Waals surface area contributed by atoms with Crippen LogP contribution in [0.5, 0.6) is 0 Å². The van der Waals surface area contributed by atoms with Crippen molar-refractivity contribution in [2.24, 2.45) is 10.2 Å². The lowest BCUT2D eigenvalue weighted by molar-refractivity contribution is 0.195. The molecule has 24 heavy (non-hydrogen) atoms. The lowest BCUT2D eigenvalue weighted by Crippen LogP contribution is -2.37. The molecule has 0 saturated heterocycles. The summed E-state index contributed by atoms with van der Waals surface area (Å²) >= 11 is 0. The van der Waals surface area contributed by atoms with E-state index in [9.17, 15) is 4.79 Å². The first kappa shape index (κ1) is 17.4. The summed E-state index contributed by atoms with van der Waals surface area (Å²) in [5.41, 5.74) is 2.11. The fourth-order valence-corrected chi connectivity index (χ4v) is 1.98. The molecule has 0 atom stereocenters. The standard InChI is InChI=1S/C18H20N4O2/c1-2-12-22(13-14-23)18(24)19-15-8-10-17(11-9-15)21-20-16-6-4-3-5-7-16/h2-11,23H,1,12-14H2,(H,19,24). The van der Waals surface area contributed by atoms with Crippen LogP contribution in [0.1, 0.15) is 0 Å². The molecular weight excluding hydrogens is 304 g/mol. The van der Waals surface area contributed by atoms with Crippen molar-refractivity contribution in [1.82, 2.24) is 4.90 Å². The number of benzene rings is 2. The maximum Gasteiger partial charge on any atom is 0.322 e. The van der Waals surface area contributed by atoms with E-state index in [0.717, 1.165) is 5.69 Å². The summed E-state index contributed by atoms with van der Waals surface area (Å²) in [6.45, 7) is 4.13. The van der Waals surface area contributed by atoms with E-state index < -0.39 is 0 Å². The van der Waals surface area contributed by atoms with Crippen LogP contribution in [0.4, 0.5) is 21.9 Å². The number of urea groups is 1. The maximum atomic E-state index is 12.1. The Morgan fingerprint density at radius 2 is 1.71 bits per heavy atom. The number of nitrogens with zero attached hydrogens (tertiary/aromatic N) is 3. The van der Waals surface area contributed by atoms with Crippen molar-refractivity contribution >= 4 is 23.1 Å². The van der Waals surface area contributed by atoms with Gasteiger partial charge in [-0.1, -0.05) is 24.3 Å². The first-order chi connectivity index (χ1) is 11.7. The maximum absolute atomic E-state index is 12.1. The van der Waals surface area contributed by atoms with Gasteiger partial charge < -0.3 is 15.3 Å². The Morgan fingerprint density at radius 1 is 1.08 bits per heavy atom. The molecule has 0 aliphatic rings. The van der Waals surface area contributed by atoms with E-state index in [0.29, 0.717) is 17.9 Å². The van der Waals surface area contributed by atoms with E-state index in [1.54, 1.807) is 30.3 Å². The van der Waals surface area contributed by atoms with Gasteiger partial charge >= 0.3 is 6.03 Å². The molecule has 2 amide bonds. The van der Waals surface area contributed by atoms with Crippen LogP contribution in [-0.2, 0) is 0 Å². The van der Waals surface area contributed by atoms with Crippen molar-refractivity contribution in [1.29, 1.82) is 0 Å². The molecule has 0 fully saturated rings. The molecule has 0 bridgehead atoms. The quantitative estimate of drug-likeness (QED) is 0.594. The summed E-state index contributed by atoms with van der Waals surface area (Å²) in [4.78, 5) is 13.6. The van der Waals surface area contributed by atoms with Gasteiger partial charge in [-0.2, -0.15) is 10.2 Å². The van der Waals surface area contributed by atoms with Gasteiger partial charge in [-0.05, 0) is 36.4 Å². The minimum atomic E-state index is -0.289. The number of carbonyl (C=O) groups excluding carboxylic acids is 1. The molecule has 0 aromatic heterocycles. The molecule has 6 heteroatoms. The highest BCUT2D eigenvalue weighted by Gasteiger charge is 2.11. The molecule has 0 heterocycles. The van der Waals surface area contributed by atoms with Gasteiger partial charge in [-0.15, -0.1) is 6.58 Å². The average Bonchev–Trinajstić information content (AvgIpc) is 2.62. The summed E-state index contributed by atoms with van der Waals surface area (Å²) in [7, 11) is 0. The number of amides is 2. The summed E-state index contributed by atoms with van der Waals surface area (Å²) in [5, 5.41) is 20.0. The van der Waals surface area contributed by atoms with Gasteiger partial charge in [0.1, 0.15) is 0 Å². The minimum Gasteiger partial charge on any atom is -0.395 e. The average molecular weight is 324 g/mol. The fraction of sp³-hybridized carbons (Fsp3) is 0.167. The van der Waals surface area contributed by atoms with Crippen LogP contribution in [-0.4, -0.2) is 35.7 Å². The van der Waals surface area contributed by atoms with Gasteiger partial charge in [-0.25, -0.2) is 4.79 Å². The molecule has 0 spiro atoms. The van der Waals surface area contributed by atoms with E-state index in [-0.39, 0.29) is 19.2 Å². The van der Waals surface area contributed by atoms with Gasteiger partial charge in [0.05, 0.1) is 18.0 Å². The third kappa shape index (κ3) is 5.33. The lowest BCUT2D eigenvalue weighted by Gasteiger charge is -2.20. The summed E-state index contributed by atoms with van der Waals surface area (Å²) in [6, 6.07) is 16.2. The number of anilines is 1. The van der Waals surface area contributed by atoms with Crippen LogP contribution in [0.25, 0.3) is 0 Å². The molecule has 2 rings (SSSR count). The van der Waals surface area contributed by atoms with Gasteiger partial charge in [-0.3, -0.25) is 0 Å². The van der Waals surface area contributed by atoms with Crippen molar-refractivity contribution < 1.29 is 9.90 Å².